The molecule has 20 nitrogen and oxygen atoms in total. The molecule has 0 radical (unpaired) electrons. The Kier molecular flexibility index (Phi) is 20.6. The van der Waals surface area contributed by atoms with Crippen LogP contribution in [0.25, 0.3) is 33.3 Å². The van der Waals surface area contributed by atoms with Crippen molar-refractivity contribution in [1.29, 1.82) is 0 Å². The van der Waals surface area contributed by atoms with Crippen LogP contribution >= 0.6 is 11.7 Å². The Morgan fingerprint density at radius 1 is 0.419 bits per heavy atom. The molecule has 0 fully saturated rings. The summed E-state index contributed by atoms with van der Waals surface area (Å²) >= 11 is 2.21. The number of nitrogens with zero attached hydrogens (tertiary/aromatic N) is 6. The van der Waals surface area contributed by atoms with Gasteiger partial charge in [0.15, 0.2) is 0 Å². The summed E-state index contributed by atoms with van der Waals surface area (Å²) in [5.41, 5.74) is 15.0. The molecule has 446 valence electrons. The summed E-state index contributed by atoms with van der Waals surface area (Å²) in [4.78, 5) is 53.8. The Hall–Kier alpha value is -8.52. The Morgan fingerprint density at radius 2 is 0.686 bits per heavy atom. The number of aryl methyl sites for hydroxylation is 4. The van der Waals surface area contributed by atoms with E-state index in [2.05, 4.69) is 104 Å². The number of anilines is 6. The van der Waals surface area contributed by atoms with Crippen molar-refractivity contribution in [2.24, 2.45) is 8.73 Å². The zero-order valence-electron chi connectivity index (χ0n) is 47.2. The molecule has 9 rings (SSSR count). The molecule has 0 bridgehead atoms. The van der Waals surface area contributed by atoms with E-state index < -0.39 is 31.7 Å². The van der Waals surface area contributed by atoms with E-state index in [0.29, 0.717) is 74.0 Å². The zero-order valence-corrected chi connectivity index (χ0v) is 50.5. The summed E-state index contributed by atoms with van der Waals surface area (Å²) in [7, 11) is -8.42. The minimum absolute atomic E-state index is 0.0133. The number of aromatic nitrogens is 2. The predicted molar refractivity (Wildman–Crippen MR) is 339 cm³/mol. The molecule has 8 aromatic rings. The van der Waals surface area contributed by atoms with Gasteiger partial charge in [-0.3, -0.25) is 28.3 Å². The van der Waals surface area contributed by atoms with Crippen molar-refractivity contribution in [2.45, 2.75) is 65.2 Å². The van der Waals surface area contributed by atoms with E-state index in [1.165, 1.54) is 0 Å². The molecule has 86 heavy (non-hydrogen) atoms. The molecule has 0 aliphatic carbocycles. The van der Waals surface area contributed by atoms with Gasteiger partial charge in [0.05, 0.1) is 34.6 Å². The second-order valence-corrected chi connectivity index (χ2v) is 24.5. The van der Waals surface area contributed by atoms with Crippen molar-refractivity contribution in [3.8, 4) is 22.3 Å². The summed E-state index contributed by atoms with van der Waals surface area (Å²) in [5.74, 6) is -1.83. The lowest BCUT2D eigenvalue weighted by molar-refractivity contribution is -0.121. The van der Waals surface area contributed by atoms with Gasteiger partial charge in [0.25, 0.3) is 20.2 Å². The summed E-state index contributed by atoms with van der Waals surface area (Å²) < 4.78 is 82.0. The summed E-state index contributed by atoms with van der Waals surface area (Å²) in [6.07, 6.45) is 2.98. The maximum absolute atomic E-state index is 12.5. The highest BCUT2D eigenvalue weighted by Crippen LogP contribution is 2.52. The van der Waals surface area contributed by atoms with Crippen LogP contribution in [0.2, 0.25) is 0 Å². The molecule has 1 aromatic heterocycles. The number of rotatable bonds is 28. The Labute approximate surface area is 507 Å². The fourth-order valence-corrected chi connectivity index (χ4v) is 11.8. The first kappa shape index (κ1) is 62.0. The Morgan fingerprint density at radius 3 is 0.953 bits per heavy atom. The van der Waals surface area contributed by atoms with E-state index in [1.807, 2.05) is 86.6 Å². The average Bonchev–Trinajstić information content (AvgIpc) is 1.72. The highest BCUT2D eigenvalue weighted by Gasteiger charge is 2.27. The third kappa shape index (κ3) is 16.5. The lowest BCUT2D eigenvalue weighted by Gasteiger charge is -2.26. The van der Waals surface area contributed by atoms with Crippen LogP contribution in [0.15, 0.2) is 154 Å². The van der Waals surface area contributed by atoms with E-state index in [0.717, 1.165) is 102 Å². The van der Waals surface area contributed by atoms with Crippen molar-refractivity contribution in [1.82, 2.24) is 30.0 Å². The molecule has 7 aromatic carbocycles. The van der Waals surface area contributed by atoms with Crippen LogP contribution in [-0.2, 0) is 76.5 Å². The number of carbonyl (C=O) groups is 4. The highest BCUT2D eigenvalue weighted by molar-refractivity contribution is 7.86. The number of carbonyl (C=O) groups excluding carboxylic acids is 4. The number of benzene rings is 7. The smallest absolute Gasteiger partial charge is 0.266 e. The third-order valence-corrected chi connectivity index (χ3v) is 16.7. The van der Waals surface area contributed by atoms with Crippen LogP contribution in [0, 0.1) is 0 Å². The molecule has 24 heteroatoms. The number of fused-ring (bicyclic) bond motifs is 2. The van der Waals surface area contributed by atoms with Crippen LogP contribution < -0.4 is 31.1 Å². The molecule has 1 aliphatic heterocycles. The van der Waals surface area contributed by atoms with Gasteiger partial charge in [0.2, 0.25) is 23.6 Å². The minimum Gasteiger partial charge on any atom is -0.356 e. The van der Waals surface area contributed by atoms with Gasteiger partial charge in [-0.1, -0.05) is 72.8 Å². The van der Waals surface area contributed by atoms with E-state index >= 15 is 0 Å². The molecule has 0 atom stereocenters. The van der Waals surface area contributed by atoms with Gasteiger partial charge in [-0.15, -0.1) is 0 Å². The summed E-state index contributed by atoms with van der Waals surface area (Å²) in [5, 5.41) is 10.8. The normalized spacial score (nSPS) is 11.9. The third-order valence-electron chi connectivity index (χ3n) is 14.2. The average molecular weight is 1240 g/mol. The topological polar surface area (TPSA) is 282 Å². The van der Waals surface area contributed by atoms with E-state index in [-0.39, 0.29) is 49.6 Å². The first-order chi connectivity index (χ1) is 41.4. The Balaban J connectivity index is 0.996. The predicted octanol–water partition coefficient (Wildman–Crippen LogP) is 10.7. The quantitative estimate of drug-likeness (QED) is 0.0249. The van der Waals surface area contributed by atoms with Gasteiger partial charge in [0.1, 0.15) is 22.4 Å². The number of amides is 4. The van der Waals surface area contributed by atoms with Gasteiger partial charge >= 0.3 is 0 Å². The summed E-state index contributed by atoms with van der Waals surface area (Å²) in [6.45, 7) is 4.58. The van der Waals surface area contributed by atoms with E-state index in [9.17, 15) is 36.0 Å². The van der Waals surface area contributed by atoms with Crippen LogP contribution in [0.1, 0.15) is 61.8 Å². The number of hydrogen-bond donors (Lipinski definition) is 6. The largest absolute Gasteiger partial charge is 0.356 e. The molecule has 0 spiro atoms. The number of nitrogens with one attached hydrogen (secondary N) is 4. The van der Waals surface area contributed by atoms with Gasteiger partial charge in [-0.05, 0) is 146 Å². The molecule has 0 saturated heterocycles. The highest BCUT2D eigenvalue weighted by atomic mass is 32.2. The second-order valence-electron chi connectivity index (χ2n) is 20.3. The van der Waals surface area contributed by atoms with E-state index in [4.69, 9.17) is 26.6 Å². The first-order valence-electron chi connectivity index (χ1n) is 28.0. The molecule has 0 unspecified atom stereocenters. The van der Waals surface area contributed by atoms with Crippen molar-refractivity contribution in [2.75, 3.05) is 47.5 Å². The Bertz CT molecular complexity index is 3870. The monoisotopic (exact) mass is 1240 g/mol. The summed E-state index contributed by atoms with van der Waals surface area (Å²) in [6, 6.07) is 48.1. The van der Waals surface area contributed by atoms with E-state index in [1.54, 1.807) is 0 Å². The second kappa shape index (κ2) is 28.6. The fraction of sp³-hybridized carbons (Fsp3) is 0.258. The van der Waals surface area contributed by atoms with Crippen LogP contribution in [0.5, 0.6) is 0 Å². The lowest BCUT2D eigenvalue weighted by atomic mass is 9.93. The van der Waals surface area contributed by atoms with Crippen LogP contribution in [0.4, 0.5) is 45.5 Å². The molecular formula is C62H64N10O10S4. The maximum atomic E-state index is 12.5. The maximum Gasteiger partial charge on any atom is 0.266 e. The SMILES string of the molecule is CCNC(=O)CCc1ccc(N(c2ccc(CCC(=O)NCC)cc2)c2ccc(-c3c4c(c(-c5ccc(N(c6ccc(CCC(=O)NCCS(=O)(=O)O)cc6)c6ccc(CCC(=O)NCCS(=O)(=O)O)cc6)cc5)c5nsnc35)N=S=N4)cc2)cc1. The van der Waals surface area contributed by atoms with Crippen molar-refractivity contribution >= 4 is 123 Å². The fourth-order valence-electron chi connectivity index (χ4n) is 9.92. The number of hydrogen-bond acceptors (Lipinski definition) is 15. The molecule has 4 amide bonds. The lowest BCUT2D eigenvalue weighted by Crippen LogP contribution is -2.29. The molecule has 2 heterocycles. The van der Waals surface area contributed by atoms with Gasteiger partial charge in [0, 0.05) is 97.1 Å². The van der Waals surface area contributed by atoms with Crippen LogP contribution in [-0.4, -0.2) is 96.0 Å². The molecular weight excluding hydrogens is 1170 g/mol. The molecule has 6 N–H and O–H groups in total. The van der Waals surface area contributed by atoms with Crippen molar-refractivity contribution in [3.63, 3.8) is 0 Å². The zero-order chi connectivity index (χ0) is 60.8. The molecule has 1 aliphatic rings. The van der Waals surface area contributed by atoms with Gasteiger partial charge in [-0.25, -0.2) is 0 Å². The minimum atomic E-state index is -4.21. The first-order valence-corrected chi connectivity index (χ1v) is 32.7. The van der Waals surface area contributed by atoms with Gasteiger partial charge < -0.3 is 31.1 Å². The van der Waals surface area contributed by atoms with Crippen molar-refractivity contribution in [3.05, 3.63) is 168 Å². The standard InChI is InChI=1S/C62H64N10O10S4/c1-3-63-53(73)33-13-41-5-21-47(22-6-41)71(48-23-7-42(8-24-48)14-34-54(74)64-4-2)51-29-17-45(18-30-51)57-59-61(69-83-67-59)58(62-60(57)68-84-70-62)46-19-31-52(32-20-46)72(49-25-9-43(10-26-49)15-35-55(75)65-37-39-85(77,78)79)50-27-11-44(12-28-50)16-36-56(76)66-38-40-86(80,81)82/h5-12,17-32H,3-4,13-16,33-40H2,1-2H3,(H,63,73)(H,64,74)(H,65,75)(H,66,76)(H,77,78,79)(H,80,81,82). The molecule has 0 saturated carbocycles. The van der Waals surface area contributed by atoms with Crippen LogP contribution in [0.3, 0.4) is 0 Å². The van der Waals surface area contributed by atoms with Gasteiger partial charge in [-0.2, -0.15) is 34.3 Å². The van der Waals surface area contributed by atoms with Crippen molar-refractivity contribution < 1.29 is 45.1 Å².